The molecule has 0 spiro atoms. The van der Waals surface area contributed by atoms with Crippen molar-refractivity contribution < 1.29 is 4.42 Å². The van der Waals surface area contributed by atoms with Gasteiger partial charge in [0.1, 0.15) is 17.3 Å². The Balaban J connectivity index is 2.19. The third-order valence-corrected chi connectivity index (χ3v) is 2.85. The fourth-order valence-electron chi connectivity index (χ4n) is 1.52. The van der Waals surface area contributed by atoms with Crippen LogP contribution in [0.25, 0.3) is 0 Å². The minimum atomic E-state index is 0.255. The maximum atomic E-state index is 5.57. The van der Waals surface area contributed by atoms with Gasteiger partial charge in [-0.05, 0) is 35.0 Å². The van der Waals surface area contributed by atoms with E-state index in [0.29, 0.717) is 6.54 Å². The Labute approximate surface area is 108 Å². The number of anilines is 2. The Kier molecular flexibility index (Phi) is 3.33. The Morgan fingerprint density at radius 3 is 2.88 bits per heavy atom. The second-order valence-electron chi connectivity index (χ2n) is 3.77. The maximum Gasteiger partial charge on any atom is 0.222 e. The summed E-state index contributed by atoms with van der Waals surface area (Å²) in [7, 11) is 1.92. The molecule has 2 aromatic heterocycles. The Morgan fingerprint density at radius 1 is 1.47 bits per heavy atom. The third-order valence-electron chi connectivity index (χ3n) is 2.29. The van der Waals surface area contributed by atoms with Gasteiger partial charge in [0, 0.05) is 13.2 Å². The normalized spacial score (nSPS) is 10.5. The summed E-state index contributed by atoms with van der Waals surface area (Å²) in [4.78, 5) is 10.0. The van der Waals surface area contributed by atoms with Crippen LogP contribution in [0, 0.1) is 6.92 Å². The fourth-order valence-corrected chi connectivity index (χ4v) is 2.01. The lowest BCUT2D eigenvalue weighted by Gasteiger charge is -2.17. The summed E-state index contributed by atoms with van der Waals surface area (Å²) in [5, 5.41) is 0. The van der Waals surface area contributed by atoms with Gasteiger partial charge in [-0.1, -0.05) is 0 Å². The van der Waals surface area contributed by atoms with E-state index < -0.39 is 0 Å². The summed E-state index contributed by atoms with van der Waals surface area (Å²) in [6, 6.07) is 3.89. The van der Waals surface area contributed by atoms with Crippen LogP contribution < -0.4 is 10.6 Å². The zero-order valence-electron chi connectivity index (χ0n) is 9.64. The molecule has 17 heavy (non-hydrogen) atoms. The number of aromatic nitrogens is 2. The van der Waals surface area contributed by atoms with Crippen LogP contribution in [0.4, 0.5) is 11.8 Å². The second-order valence-corrected chi connectivity index (χ2v) is 4.62. The molecule has 0 bridgehead atoms. The van der Waals surface area contributed by atoms with Gasteiger partial charge in [-0.15, -0.1) is 0 Å². The van der Waals surface area contributed by atoms with E-state index in [0.717, 1.165) is 21.8 Å². The van der Waals surface area contributed by atoms with Crippen LogP contribution in [-0.2, 0) is 6.54 Å². The van der Waals surface area contributed by atoms with Crippen molar-refractivity contribution in [1.29, 1.82) is 0 Å². The maximum absolute atomic E-state index is 5.57. The number of aryl methyl sites for hydroxylation is 1. The summed E-state index contributed by atoms with van der Waals surface area (Å²) in [6.45, 7) is 2.55. The smallest absolute Gasteiger partial charge is 0.222 e. The van der Waals surface area contributed by atoms with Gasteiger partial charge in [0.25, 0.3) is 0 Å². The van der Waals surface area contributed by atoms with E-state index in [2.05, 4.69) is 25.9 Å². The Morgan fingerprint density at radius 2 is 2.24 bits per heavy atom. The van der Waals surface area contributed by atoms with Gasteiger partial charge < -0.3 is 15.1 Å². The lowest BCUT2D eigenvalue weighted by atomic mass is 10.4. The Bertz CT molecular complexity index is 526. The quantitative estimate of drug-likeness (QED) is 0.942. The van der Waals surface area contributed by atoms with Crippen LogP contribution in [0.5, 0.6) is 0 Å². The first kappa shape index (κ1) is 11.9. The summed E-state index contributed by atoms with van der Waals surface area (Å²) in [5.41, 5.74) is 5.57. The molecule has 0 aliphatic rings. The number of nitrogens with two attached hydrogens (primary N) is 1. The second kappa shape index (κ2) is 4.75. The molecule has 2 rings (SSSR count). The molecule has 0 aliphatic carbocycles. The molecule has 0 amide bonds. The molecule has 0 saturated heterocycles. The first-order valence-corrected chi connectivity index (χ1v) is 5.90. The van der Waals surface area contributed by atoms with Crippen LogP contribution in [0.15, 0.2) is 27.2 Å². The molecule has 90 valence electrons. The van der Waals surface area contributed by atoms with Crippen LogP contribution in [0.1, 0.15) is 11.5 Å². The first-order chi connectivity index (χ1) is 8.06. The molecule has 0 radical (unpaired) electrons. The van der Waals surface area contributed by atoms with Gasteiger partial charge in [0.15, 0.2) is 0 Å². The van der Waals surface area contributed by atoms with Crippen LogP contribution in [-0.4, -0.2) is 17.0 Å². The van der Waals surface area contributed by atoms with E-state index in [-0.39, 0.29) is 5.95 Å². The lowest BCUT2D eigenvalue weighted by molar-refractivity contribution is 0.481. The van der Waals surface area contributed by atoms with E-state index in [1.165, 1.54) is 0 Å². The monoisotopic (exact) mass is 296 g/mol. The number of halogens is 1. The lowest BCUT2D eigenvalue weighted by Crippen LogP contribution is -2.18. The predicted molar refractivity (Wildman–Crippen MR) is 69.7 cm³/mol. The van der Waals surface area contributed by atoms with Crippen molar-refractivity contribution in [2.24, 2.45) is 0 Å². The molecule has 0 aliphatic heterocycles. The largest absolute Gasteiger partial charge is 0.464 e. The van der Waals surface area contributed by atoms with Crippen molar-refractivity contribution in [2.75, 3.05) is 17.7 Å². The number of furan rings is 1. The van der Waals surface area contributed by atoms with Crippen LogP contribution in [0.3, 0.4) is 0 Å². The van der Waals surface area contributed by atoms with Crippen LogP contribution in [0.2, 0.25) is 0 Å². The highest BCUT2D eigenvalue weighted by Gasteiger charge is 2.11. The minimum absolute atomic E-state index is 0.255. The minimum Gasteiger partial charge on any atom is -0.464 e. The standard InChI is InChI=1S/C11H13BrN4O/c1-7-3-4-8(17-7)6-16(2)10-9(12)5-14-11(13)15-10/h3-5H,6H2,1-2H3,(H2,13,14,15). The van der Waals surface area contributed by atoms with E-state index in [1.54, 1.807) is 6.20 Å². The van der Waals surface area contributed by atoms with Crippen molar-refractivity contribution in [1.82, 2.24) is 9.97 Å². The molecule has 0 saturated carbocycles. The van der Waals surface area contributed by atoms with Gasteiger partial charge in [-0.25, -0.2) is 4.98 Å². The first-order valence-electron chi connectivity index (χ1n) is 5.10. The molecular formula is C11H13BrN4O. The fraction of sp³-hybridized carbons (Fsp3) is 0.273. The highest BCUT2D eigenvalue weighted by molar-refractivity contribution is 9.10. The zero-order valence-corrected chi connectivity index (χ0v) is 11.2. The number of nitrogens with zero attached hydrogens (tertiary/aromatic N) is 3. The molecule has 2 aromatic rings. The van der Waals surface area contributed by atoms with Gasteiger partial charge in [-0.3, -0.25) is 0 Å². The molecule has 0 unspecified atom stereocenters. The van der Waals surface area contributed by atoms with E-state index in [9.17, 15) is 0 Å². The molecule has 6 heteroatoms. The molecule has 0 fully saturated rings. The summed E-state index contributed by atoms with van der Waals surface area (Å²) in [6.07, 6.45) is 1.64. The number of nitrogen functional groups attached to an aromatic ring is 1. The van der Waals surface area contributed by atoms with Crippen molar-refractivity contribution in [3.05, 3.63) is 34.3 Å². The predicted octanol–water partition coefficient (Wildman–Crippen LogP) is 2.36. The Hall–Kier alpha value is -1.56. The van der Waals surface area contributed by atoms with Gasteiger partial charge in [-0.2, -0.15) is 4.98 Å². The average molecular weight is 297 g/mol. The molecule has 0 atom stereocenters. The number of rotatable bonds is 3. The molecule has 2 heterocycles. The van der Waals surface area contributed by atoms with Crippen molar-refractivity contribution in [3.8, 4) is 0 Å². The van der Waals surface area contributed by atoms with Crippen molar-refractivity contribution in [3.63, 3.8) is 0 Å². The summed E-state index contributed by atoms with van der Waals surface area (Å²) in [5.74, 6) is 2.78. The molecule has 5 nitrogen and oxygen atoms in total. The van der Waals surface area contributed by atoms with Gasteiger partial charge in [0.2, 0.25) is 5.95 Å². The van der Waals surface area contributed by atoms with Gasteiger partial charge in [0.05, 0.1) is 11.0 Å². The average Bonchev–Trinajstić information content (AvgIpc) is 2.67. The highest BCUT2D eigenvalue weighted by Crippen LogP contribution is 2.24. The molecule has 0 aromatic carbocycles. The topological polar surface area (TPSA) is 68.2 Å². The van der Waals surface area contributed by atoms with E-state index in [4.69, 9.17) is 10.2 Å². The van der Waals surface area contributed by atoms with Crippen molar-refractivity contribution >= 4 is 27.7 Å². The highest BCUT2D eigenvalue weighted by atomic mass is 79.9. The van der Waals surface area contributed by atoms with E-state index in [1.807, 2.05) is 31.0 Å². The van der Waals surface area contributed by atoms with Crippen molar-refractivity contribution in [2.45, 2.75) is 13.5 Å². The van der Waals surface area contributed by atoms with E-state index >= 15 is 0 Å². The summed E-state index contributed by atoms with van der Waals surface area (Å²) < 4.78 is 6.32. The zero-order chi connectivity index (χ0) is 12.4. The van der Waals surface area contributed by atoms with Gasteiger partial charge >= 0.3 is 0 Å². The molecule has 2 N–H and O–H groups in total. The summed E-state index contributed by atoms with van der Waals surface area (Å²) >= 11 is 3.40. The molecular weight excluding hydrogens is 284 g/mol. The number of hydrogen-bond acceptors (Lipinski definition) is 5. The number of hydrogen-bond donors (Lipinski definition) is 1. The van der Waals surface area contributed by atoms with Crippen LogP contribution >= 0.6 is 15.9 Å². The SMILES string of the molecule is Cc1ccc(CN(C)c2nc(N)ncc2Br)o1. The third kappa shape index (κ3) is 2.76.